The number of amides is 1. The number of carbonyl (C=O) groups excluding carboxylic acids is 1. The molecule has 0 aliphatic heterocycles. The average Bonchev–Trinajstić information content (AvgIpc) is 3.46. The van der Waals surface area contributed by atoms with Crippen molar-refractivity contribution in [1.82, 2.24) is 25.7 Å². The summed E-state index contributed by atoms with van der Waals surface area (Å²) in [5, 5.41) is 31.1. The summed E-state index contributed by atoms with van der Waals surface area (Å²) in [5.41, 5.74) is 2.77. The average molecular weight is 523 g/mol. The molecular weight excluding hydrogens is 501 g/mol. The van der Waals surface area contributed by atoms with Crippen LogP contribution in [-0.2, 0) is 9.59 Å². The topological polar surface area (TPSA) is 142 Å². The molecule has 2 aromatic heterocycles. The lowest BCUT2D eigenvalue weighted by Crippen LogP contribution is -2.34. The Morgan fingerprint density at radius 1 is 1.17 bits per heavy atom. The van der Waals surface area contributed by atoms with Gasteiger partial charge in [0, 0.05) is 22.7 Å². The number of aliphatic carboxylic acids is 1. The van der Waals surface area contributed by atoms with Gasteiger partial charge in [0.1, 0.15) is 10.8 Å². The number of alkyl halides is 3. The lowest BCUT2D eigenvalue weighted by atomic mass is 10.2. The fraction of sp³-hybridized carbons (Fsp3) is 0.227. The molecule has 4 N–H and O–H groups in total. The Morgan fingerprint density at radius 3 is 2.61 bits per heavy atom. The second-order valence-electron chi connectivity index (χ2n) is 7.55. The second kappa shape index (κ2) is 11.5. The van der Waals surface area contributed by atoms with E-state index in [2.05, 4.69) is 31.0 Å². The van der Waals surface area contributed by atoms with Crippen LogP contribution in [-0.4, -0.2) is 56.2 Å². The van der Waals surface area contributed by atoms with E-state index in [1.54, 1.807) is 6.20 Å². The van der Waals surface area contributed by atoms with Crippen LogP contribution in [0, 0.1) is 0 Å². The van der Waals surface area contributed by atoms with Crippen LogP contribution in [0.3, 0.4) is 0 Å². The van der Waals surface area contributed by atoms with E-state index in [0.717, 1.165) is 27.2 Å². The first kappa shape index (κ1) is 26.4. The molecule has 4 aromatic rings. The number of nitrogens with zero attached hydrogens (tertiary/aromatic N) is 3. The van der Waals surface area contributed by atoms with E-state index in [-0.39, 0.29) is 18.6 Å². The number of H-pyrrole nitrogens is 1. The molecule has 0 bridgehead atoms. The number of ether oxygens (including phenoxy) is 1. The van der Waals surface area contributed by atoms with E-state index in [1.807, 2.05) is 56.3 Å². The summed E-state index contributed by atoms with van der Waals surface area (Å²) >= 11 is 1.44. The van der Waals surface area contributed by atoms with Gasteiger partial charge in [-0.25, -0.2) is 4.79 Å². The minimum atomic E-state index is -5.08. The highest BCUT2D eigenvalue weighted by atomic mass is 32.1. The molecule has 1 amide bonds. The molecule has 10 nitrogen and oxygen atoms in total. The molecule has 0 aliphatic rings. The highest BCUT2D eigenvalue weighted by Gasteiger charge is 2.38. The molecule has 14 heteroatoms. The molecule has 0 atom stereocenters. The molecule has 0 radical (unpaired) electrons. The van der Waals surface area contributed by atoms with E-state index in [4.69, 9.17) is 14.6 Å². The number of benzene rings is 2. The smallest absolute Gasteiger partial charge is 0.484 e. The van der Waals surface area contributed by atoms with Crippen LogP contribution < -0.4 is 15.4 Å². The van der Waals surface area contributed by atoms with Gasteiger partial charge in [-0.1, -0.05) is 23.5 Å². The minimum Gasteiger partial charge on any atom is -0.484 e. The first-order valence-electron chi connectivity index (χ1n) is 10.4. The maximum atomic E-state index is 11.8. The van der Waals surface area contributed by atoms with E-state index >= 15 is 0 Å². The summed E-state index contributed by atoms with van der Waals surface area (Å²) in [6, 6.07) is 13.5. The third kappa shape index (κ3) is 7.66. The van der Waals surface area contributed by atoms with Gasteiger partial charge >= 0.3 is 12.1 Å². The van der Waals surface area contributed by atoms with Crippen LogP contribution in [0.1, 0.15) is 13.8 Å². The van der Waals surface area contributed by atoms with Gasteiger partial charge in [0.15, 0.2) is 6.61 Å². The zero-order valence-electron chi connectivity index (χ0n) is 19.0. The van der Waals surface area contributed by atoms with Gasteiger partial charge in [0.2, 0.25) is 5.13 Å². The number of aromatic amines is 1. The number of carbonyl (C=O) groups is 2. The van der Waals surface area contributed by atoms with Crippen molar-refractivity contribution in [2.45, 2.75) is 26.1 Å². The molecule has 0 saturated heterocycles. The van der Waals surface area contributed by atoms with Gasteiger partial charge in [-0.05, 0) is 44.2 Å². The first-order valence-corrected chi connectivity index (χ1v) is 11.2. The van der Waals surface area contributed by atoms with Crippen molar-refractivity contribution in [3.05, 3.63) is 48.7 Å². The first-order chi connectivity index (χ1) is 17.0. The number of hydrogen-bond donors (Lipinski definition) is 4. The zero-order chi connectivity index (χ0) is 26.3. The summed E-state index contributed by atoms with van der Waals surface area (Å²) in [6.07, 6.45) is -3.31. The molecule has 190 valence electrons. The molecule has 2 heterocycles. The minimum absolute atomic E-state index is 0.0267. The molecule has 4 rings (SSSR count). The maximum absolute atomic E-state index is 11.8. The number of anilines is 2. The maximum Gasteiger partial charge on any atom is 0.490 e. The molecule has 0 unspecified atom stereocenters. The Morgan fingerprint density at radius 2 is 1.92 bits per heavy atom. The molecule has 0 saturated carbocycles. The van der Waals surface area contributed by atoms with Crippen LogP contribution in [0.15, 0.2) is 48.7 Å². The van der Waals surface area contributed by atoms with Crippen molar-refractivity contribution in [3.63, 3.8) is 0 Å². The lowest BCUT2D eigenvalue weighted by Gasteiger charge is -2.10. The highest BCUT2D eigenvalue weighted by Crippen LogP contribution is 2.30. The van der Waals surface area contributed by atoms with Gasteiger partial charge in [0.05, 0.1) is 11.7 Å². The summed E-state index contributed by atoms with van der Waals surface area (Å²) in [7, 11) is 0. The van der Waals surface area contributed by atoms with E-state index < -0.39 is 12.1 Å². The number of aromatic nitrogens is 4. The summed E-state index contributed by atoms with van der Waals surface area (Å²) in [5.74, 6) is -2.30. The largest absolute Gasteiger partial charge is 0.490 e. The van der Waals surface area contributed by atoms with E-state index in [0.29, 0.717) is 10.9 Å². The number of hydrogen-bond acceptors (Lipinski definition) is 8. The van der Waals surface area contributed by atoms with Crippen LogP contribution in [0.4, 0.5) is 24.0 Å². The third-order valence-electron chi connectivity index (χ3n) is 4.26. The molecule has 0 fully saturated rings. The second-order valence-corrected chi connectivity index (χ2v) is 8.53. The highest BCUT2D eigenvalue weighted by molar-refractivity contribution is 7.18. The number of fused-ring (bicyclic) bond motifs is 1. The van der Waals surface area contributed by atoms with Crippen molar-refractivity contribution in [1.29, 1.82) is 0 Å². The normalized spacial score (nSPS) is 11.1. The van der Waals surface area contributed by atoms with E-state index in [1.165, 1.54) is 11.3 Å². The number of carboxylic acids is 1. The van der Waals surface area contributed by atoms with Crippen molar-refractivity contribution < 1.29 is 32.6 Å². The molecule has 0 spiro atoms. The zero-order valence-corrected chi connectivity index (χ0v) is 19.8. The standard InChI is InChI=1S/C20H20N6O2S.C2HF3O2/c1-12(2)22-18(27)11-28-16-5-3-4-13(9-16)19-25-26-20(29-19)23-15-6-7-17-14(8-15)10-21-24-17;3-2(4,5)1(6)7/h3-10,12H,11H2,1-2H3,(H,21,24)(H,22,27)(H,23,26);(H,6,7). The predicted molar refractivity (Wildman–Crippen MR) is 127 cm³/mol. The third-order valence-corrected chi connectivity index (χ3v) is 5.15. The Balaban J connectivity index is 0.000000454. The van der Waals surface area contributed by atoms with Crippen LogP contribution in [0.5, 0.6) is 5.75 Å². The Labute approximate surface area is 206 Å². The number of carboxylic acid groups (broad SMARTS) is 1. The van der Waals surface area contributed by atoms with Gasteiger partial charge in [-0.2, -0.15) is 18.3 Å². The molecule has 0 aliphatic carbocycles. The number of halogens is 3. The van der Waals surface area contributed by atoms with Gasteiger partial charge in [-0.3, -0.25) is 9.89 Å². The summed E-state index contributed by atoms with van der Waals surface area (Å²) < 4.78 is 37.3. The lowest BCUT2D eigenvalue weighted by molar-refractivity contribution is -0.192. The molecule has 36 heavy (non-hydrogen) atoms. The van der Waals surface area contributed by atoms with Crippen LogP contribution in [0.2, 0.25) is 0 Å². The summed E-state index contributed by atoms with van der Waals surface area (Å²) in [4.78, 5) is 20.6. The van der Waals surface area contributed by atoms with Crippen molar-refractivity contribution in [2.24, 2.45) is 0 Å². The SMILES string of the molecule is CC(C)NC(=O)COc1cccc(-c2nnc(Nc3ccc4[nH]ncc4c3)s2)c1.O=C(O)C(F)(F)F. The quantitative estimate of drug-likeness (QED) is 0.280. The molecular formula is C22H21F3N6O4S. The Hall–Kier alpha value is -4.20. The predicted octanol–water partition coefficient (Wildman–Crippen LogP) is 4.36. The van der Waals surface area contributed by atoms with Crippen LogP contribution >= 0.6 is 11.3 Å². The van der Waals surface area contributed by atoms with Crippen molar-refractivity contribution in [3.8, 4) is 16.3 Å². The Kier molecular flexibility index (Phi) is 8.42. The Bertz CT molecular complexity index is 1340. The van der Waals surface area contributed by atoms with Crippen LogP contribution in [0.25, 0.3) is 21.5 Å². The molecule has 2 aromatic carbocycles. The van der Waals surface area contributed by atoms with E-state index in [9.17, 15) is 18.0 Å². The fourth-order valence-electron chi connectivity index (χ4n) is 2.77. The van der Waals surface area contributed by atoms with Crippen molar-refractivity contribution in [2.75, 3.05) is 11.9 Å². The van der Waals surface area contributed by atoms with Crippen molar-refractivity contribution >= 4 is 44.9 Å². The summed E-state index contributed by atoms with van der Waals surface area (Å²) in [6.45, 7) is 3.79. The monoisotopic (exact) mass is 522 g/mol. The van der Waals surface area contributed by atoms with Gasteiger partial charge in [-0.15, -0.1) is 10.2 Å². The number of nitrogens with one attached hydrogen (secondary N) is 3. The fourth-order valence-corrected chi connectivity index (χ4v) is 3.53. The number of rotatable bonds is 7. The van der Waals surface area contributed by atoms with Gasteiger partial charge < -0.3 is 20.5 Å². The van der Waals surface area contributed by atoms with Gasteiger partial charge in [0.25, 0.3) is 5.91 Å².